The van der Waals surface area contributed by atoms with Gasteiger partial charge in [-0.2, -0.15) is 0 Å². The summed E-state index contributed by atoms with van der Waals surface area (Å²) in [5, 5.41) is 3.30. The number of esters is 1. The van der Waals surface area contributed by atoms with Crippen molar-refractivity contribution < 1.29 is 19.1 Å². The van der Waals surface area contributed by atoms with Gasteiger partial charge in [0.1, 0.15) is 12.4 Å². The van der Waals surface area contributed by atoms with Crippen LogP contribution in [0.3, 0.4) is 0 Å². The maximum Gasteiger partial charge on any atom is 0.336 e. The van der Waals surface area contributed by atoms with Gasteiger partial charge in [0, 0.05) is 28.0 Å². The second kappa shape index (κ2) is 8.43. The molecule has 5 nitrogen and oxygen atoms in total. The molecule has 5 heteroatoms. The lowest BCUT2D eigenvalue weighted by atomic mass is 9.79. The molecule has 0 amide bonds. The average Bonchev–Trinajstić information content (AvgIpc) is 3.14. The third-order valence-electron chi connectivity index (χ3n) is 6.12. The zero-order valence-electron chi connectivity index (χ0n) is 18.4. The summed E-state index contributed by atoms with van der Waals surface area (Å²) in [6, 6.07) is 24.9. The number of ketones is 1. The zero-order chi connectivity index (χ0) is 22.9. The van der Waals surface area contributed by atoms with Crippen molar-refractivity contribution in [2.75, 3.05) is 7.11 Å². The van der Waals surface area contributed by atoms with Crippen molar-refractivity contribution in [1.29, 1.82) is 0 Å². The summed E-state index contributed by atoms with van der Waals surface area (Å²) in [5.74, 6) is -0.554. The van der Waals surface area contributed by atoms with Gasteiger partial charge in [-0.15, -0.1) is 0 Å². The first-order valence-corrected chi connectivity index (χ1v) is 10.8. The number of hydrogen-bond donors (Lipinski definition) is 1. The van der Waals surface area contributed by atoms with Crippen LogP contribution in [0.1, 0.15) is 39.9 Å². The largest absolute Gasteiger partial charge is 0.489 e. The minimum atomic E-state index is -0.611. The van der Waals surface area contributed by atoms with E-state index in [1.807, 2.05) is 85.8 Å². The fourth-order valence-corrected chi connectivity index (χ4v) is 4.61. The summed E-state index contributed by atoms with van der Waals surface area (Å²) < 4.78 is 11.3. The molecule has 0 saturated carbocycles. The maximum atomic E-state index is 13.6. The van der Waals surface area contributed by atoms with Gasteiger partial charge in [0.15, 0.2) is 5.78 Å². The Labute approximate surface area is 192 Å². The number of rotatable bonds is 5. The Bertz CT molecular complexity index is 1320. The lowest BCUT2D eigenvalue weighted by molar-refractivity contribution is -0.136. The molecule has 3 aromatic rings. The monoisotopic (exact) mass is 437 g/mol. The normalized spacial score (nSPS) is 16.8. The molecule has 0 radical (unpaired) electrons. The Hall–Kier alpha value is -4.12. The van der Waals surface area contributed by atoms with Gasteiger partial charge in [-0.25, -0.2) is 4.79 Å². The first kappa shape index (κ1) is 20.8. The zero-order valence-corrected chi connectivity index (χ0v) is 18.4. The standard InChI is InChI=1S/C28H23NO4/c1-17-23(28(31)32-2)24(25-26(29-17)19-12-6-7-13-20(19)27(25)30)21-14-8-9-15-22(21)33-16-18-10-4-3-5-11-18/h3-15,24,29H,16H2,1-2H3/t24-/m0/s1. The Morgan fingerprint density at radius 2 is 1.58 bits per heavy atom. The number of dihydropyridines is 1. The van der Waals surface area contributed by atoms with Crippen LogP contribution in [0.25, 0.3) is 5.70 Å². The van der Waals surface area contributed by atoms with Crippen LogP contribution in [0.2, 0.25) is 0 Å². The van der Waals surface area contributed by atoms with Crippen LogP contribution >= 0.6 is 0 Å². The molecular formula is C28H23NO4. The van der Waals surface area contributed by atoms with Crippen molar-refractivity contribution in [2.24, 2.45) is 0 Å². The first-order valence-electron chi connectivity index (χ1n) is 10.8. The van der Waals surface area contributed by atoms with Crippen LogP contribution in [0, 0.1) is 0 Å². The molecule has 0 unspecified atom stereocenters. The second-order valence-corrected chi connectivity index (χ2v) is 8.06. The van der Waals surface area contributed by atoms with E-state index in [9.17, 15) is 9.59 Å². The van der Waals surface area contributed by atoms with Crippen molar-refractivity contribution in [3.05, 3.63) is 118 Å². The highest BCUT2D eigenvalue weighted by atomic mass is 16.5. The predicted octanol–water partition coefficient (Wildman–Crippen LogP) is 5.01. The van der Waals surface area contributed by atoms with E-state index in [-0.39, 0.29) is 5.78 Å². The topological polar surface area (TPSA) is 64.6 Å². The summed E-state index contributed by atoms with van der Waals surface area (Å²) in [4.78, 5) is 26.5. The smallest absolute Gasteiger partial charge is 0.336 e. The fourth-order valence-electron chi connectivity index (χ4n) is 4.61. The predicted molar refractivity (Wildman–Crippen MR) is 126 cm³/mol. The van der Waals surface area contributed by atoms with Gasteiger partial charge in [-0.1, -0.05) is 72.8 Å². The molecule has 0 saturated heterocycles. The number of ether oxygens (including phenoxy) is 2. The van der Waals surface area contributed by atoms with Crippen LogP contribution < -0.4 is 10.1 Å². The van der Waals surface area contributed by atoms with E-state index in [2.05, 4.69) is 5.32 Å². The van der Waals surface area contributed by atoms with Crippen LogP contribution in [0.4, 0.5) is 0 Å². The molecule has 5 rings (SSSR count). The van der Waals surface area contributed by atoms with Gasteiger partial charge in [-0.05, 0) is 18.6 Å². The minimum Gasteiger partial charge on any atom is -0.489 e. The molecule has 1 atom stereocenters. The maximum absolute atomic E-state index is 13.6. The van der Waals surface area contributed by atoms with E-state index in [0.717, 1.165) is 22.4 Å². The Morgan fingerprint density at radius 1 is 0.909 bits per heavy atom. The van der Waals surface area contributed by atoms with Crippen molar-refractivity contribution >= 4 is 17.4 Å². The molecule has 0 spiro atoms. The molecule has 2 aliphatic rings. The van der Waals surface area contributed by atoms with E-state index in [4.69, 9.17) is 9.47 Å². The minimum absolute atomic E-state index is 0.0927. The van der Waals surface area contributed by atoms with E-state index in [0.29, 0.717) is 34.8 Å². The fraction of sp³-hybridized carbons (Fsp3) is 0.143. The van der Waals surface area contributed by atoms with Gasteiger partial charge in [-0.3, -0.25) is 4.79 Å². The molecule has 0 aromatic heterocycles. The Balaban J connectivity index is 1.64. The molecule has 1 aliphatic carbocycles. The number of allylic oxidation sites excluding steroid dienone is 2. The van der Waals surface area contributed by atoms with Crippen molar-refractivity contribution in [3.8, 4) is 5.75 Å². The van der Waals surface area contributed by atoms with Crippen molar-refractivity contribution in [1.82, 2.24) is 5.32 Å². The molecule has 0 bridgehead atoms. The molecular weight excluding hydrogens is 414 g/mol. The second-order valence-electron chi connectivity index (χ2n) is 8.06. The van der Waals surface area contributed by atoms with Crippen LogP contribution in [-0.4, -0.2) is 18.9 Å². The number of fused-ring (bicyclic) bond motifs is 2. The van der Waals surface area contributed by atoms with Gasteiger partial charge in [0.25, 0.3) is 0 Å². The summed E-state index contributed by atoms with van der Waals surface area (Å²) in [7, 11) is 1.35. The number of nitrogens with one attached hydrogen (secondary N) is 1. The molecule has 3 aromatic carbocycles. The molecule has 1 aliphatic heterocycles. The molecule has 1 heterocycles. The van der Waals surface area contributed by atoms with Crippen LogP contribution in [-0.2, 0) is 16.1 Å². The lowest BCUT2D eigenvalue weighted by Crippen LogP contribution is -2.29. The summed E-state index contributed by atoms with van der Waals surface area (Å²) in [6.45, 7) is 2.21. The third-order valence-corrected chi connectivity index (χ3v) is 6.12. The van der Waals surface area contributed by atoms with E-state index in [1.165, 1.54) is 7.11 Å². The lowest BCUT2D eigenvalue weighted by Gasteiger charge is -2.30. The SMILES string of the molecule is COC(=O)C1=C(C)NC2=C(C(=O)c3ccccc32)[C@H]1c1ccccc1OCc1ccccc1. The number of methoxy groups -OCH3 is 1. The first-order chi connectivity index (χ1) is 16.1. The van der Waals surface area contributed by atoms with E-state index in [1.54, 1.807) is 0 Å². The highest BCUT2D eigenvalue weighted by Crippen LogP contribution is 2.48. The average molecular weight is 437 g/mol. The van der Waals surface area contributed by atoms with Crippen LogP contribution in [0.15, 0.2) is 95.7 Å². The number of para-hydroxylation sites is 1. The van der Waals surface area contributed by atoms with E-state index < -0.39 is 11.9 Å². The van der Waals surface area contributed by atoms with E-state index >= 15 is 0 Å². The molecule has 33 heavy (non-hydrogen) atoms. The van der Waals surface area contributed by atoms with Gasteiger partial charge >= 0.3 is 5.97 Å². The van der Waals surface area contributed by atoms with Gasteiger partial charge in [0.05, 0.1) is 24.3 Å². The highest BCUT2D eigenvalue weighted by molar-refractivity contribution is 6.23. The molecule has 164 valence electrons. The van der Waals surface area contributed by atoms with Gasteiger partial charge < -0.3 is 14.8 Å². The van der Waals surface area contributed by atoms with Crippen LogP contribution in [0.5, 0.6) is 5.75 Å². The number of Topliss-reactive ketones (excluding diaryl/α,β-unsaturated/α-hetero) is 1. The number of benzene rings is 3. The summed E-state index contributed by atoms with van der Waals surface area (Å²) in [5.41, 5.74) is 5.60. The Morgan fingerprint density at radius 3 is 2.33 bits per heavy atom. The van der Waals surface area contributed by atoms with Gasteiger partial charge in [0.2, 0.25) is 0 Å². The quantitative estimate of drug-likeness (QED) is 0.569. The number of carbonyl (C=O) groups excluding carboxylic acids is 2. The van der Waals surface area contributed by atoms with Crippen molar-refractivity contribution in [2.45, 2.75) is 19.4 Å². The van der Waals surface area contributed by atoms with Crippen molar-refractivity contribution in [3.63, 3.8) is 0 Å². The molecule has 1 N–H and O–H groups in total. The Kier molecular flexibility index (Phi) is 5.31. The number of carbonyl (C=O) groups is 2. The summed E-state index contributed by atoms with van der Waals surface area (Å²) >= 11 is 0. The highest BCUT2D eigenvalue weighted by Gasteiger charge is 2.43. The third kappa shape index (κ3) is 3.52. The number of hydrogen-bond acceptors (Lipinski definition) is 5. The summed E-state index contributed by atoms with van der Waals surface area (Å²) in [6.07, 6.45) is 0. The molecule has 0 fully saturated rings.